The van der Waals surface area contributed by atoms with Crippen LogP contribution in [0, 0.1) is 23.7 Å². The van der Waals surface area contributed by atoms with Crippen LogP contribution in [-0.4, -0.2) is 11.8 Å². The molecule has 1 N–H and O–H groups in total. The first-order valence-electron chi connectivity index (χ1n) is 5.57. The number of nitrogens with one attached hydrogen (secondary N) is 1. The molecule has 2 aliphatic rings. The molecule has 3 heteroatoms. The molecular formula is C12H15NO2. The summed E-state index contributed by atoms with van der Waals surface area (Å²) in [5.74, 6) is 6.28. The molecule has 1 heterocycles. The van der Waals surface area contributed by atoms with E-state index in [2.05, 4.69) is 17.2 Å². The molecule has 1 saturated heterocycles. The van der Waals surface area contributed by atoms with Crippen molar-refractivity contribution in [2.24, 2.45) is 11.8 Å². The zero-order valence-corrected chi connectivity index (χ0v) is 8.71. The predicted molar refractivity (Wildman–Crippen MR) is 55.6 cm³/mol. The summed E-state index contributed by atoms with van der Waals surface area (Å²) in [5.41, 5.74) is 0. The molecule has 2 unspecified atom stereocenters. The maximum Gasteiger partial charge on any atom is 0.230 e. The lowest BCUT2D eigenvalue weighted by atomic mass is 9.82. The second kappa shape index (κ2) is 4.48. The molecule has 0 aromatic rings. The molecule has 0 aromatic carbocycles. The summed E-state index contributed by atoms with van der Waals surface area (Å²) in [6, 6.07) is 0. The number of imide groups is 1. The first kappa shape index (κ1) is 10.2. The smallest absolute Gasteiger partial charge is 0.230 e. The van der Waals surface area contributed by atoms with Gasteiger partial charge in [0.1, 0.15) is 0 Å². The summed E-state index contributed by atoms with van der Waals surface area (Å²) in [7, 11) is 0. The van der Waals surface area contributed by atoms with Crippen LogP contribution in [0.2, 0.25) is 0 Å². The molecule has 1 aliphatic carbocycles. The van der Waals surface area contributed by atoms with Crippen LogP contribution in [0.1, 0.15) is 38.5 Å². The average molecular weight is 205 g/mol. The Morgan fingerprint density at radius 3 is 2.67 bits per heavy atom. The Kier molecular flexibility index (Phi) is 3.05. The van der Waals surface area contributed by atoms with Gasteiger partial charge in [0.2, 0.25) is 11.8 Å². The topological polar surface area (TPSA) is 46.2 Å². The van der Waals surface area contributed by atoms with Gasteiger partial charge < -0.3 is 0 Å². The maximum absolute atomic E-state index is 11.5. The number of hydrogen-bond acceptors (Lipinski definition) is 2. The minimum Gasteiger partial charge on any atom is -0.296 e. The van der Waals surface area contributed by atoms with Crippen molar-refractivity contribution in [3.05, 3.63) is 0 Å². The van der Waals surface area contributed by atoms with E-state index in [9.17, 15) is 9.59 Å². The molecule has 1 aliphatic heterocycles. The molecule has 2 amide bonds. The van der Waals surface area contributed by atoms with E-state index in [1.165, 1.54) is 0 Å². The summed E-state index contributed by atoms with van der Waals surface area (Å²) < 4.78 is 0. The van der Waals surface area contributed by atoms with Crippen molar-refractivity contribution < 1.29 is 9.59 Å². The Balaban J connectivity index is 2.01. The predicted octanol–water partition coefficient (Wildman–Crippen LogP) is 1.23. The lowest BCUT2D eigenvalue weighted by Gasteiger charge is -2.20. The molecule has 0 saturated carbocycles. The van der Waals surface area contributed by atoms with E-state index in [-0.39, 0.29) is 17.7 Å². The van der Waals surface area contributed by atoms with Crippen LogP contribution in [0.4, 0.5) is 0 Å². The minimum absolute atomic E-state index is 0.0708. The number of hydrogen-bond donors (Lipinski definition) is 1. The van der Waals surface area contributed by atoms with Gasteiger partial charge in [-0.25, -0.2) is 0 Å². The van der Waals surface area contributed by atoms with Crippen molar-refractivity contribution in [2.75, 3.05) is 0 Å². The SMILES string of the molecule is O=C1CC(C2CCC#CCCC2)C(=O)N1. The average Bonchev–Trinajstić information content (AvgIpc) is 2.45. The van der Waals surface area contributed by atoms with Crippen LogP contribution in [0.25, 0.3) is 0 Å². The lowest BCUT2D eigenvalue weighted by Crippen LogP contribution is -2.26. The normalized spacial score (nSPS) is 31.2. The first-order chi connectivity index (χ1) is 7.27. The van der Waals surface area contributed by atoms with Crippen LogP contribution < -0.4 is 5.32 Å². The van der Waals surface area contributed by atoms with Gasteiger partial charge in [0.25, 0.3) is 0 Å². The van der Waals surface area contributed by atoms with Gasteiger partial charge in [-0.2, -0.15) is 0 Å². The van der Waals surface area contributed by atoms with Gasteiger partial charge in [0.05, 0.1) is 0 Å². The van der Waals surface area contributed by atoms with E-state index in [4.69, 9.17) is 0 Å². The van der Waals surface area contributed by atoms with Crippen molar-refractivity contribution in [3.63, 3.8) is 0 Å². The summed E-state index contributed by atoms with van der Waals surface area (Å²) in [4.78, 5) is 22.6. The van der Waals surface area contributed by atoms with E-state index < -0.39 is 0 Å². The number of rotatable bonds is 1. The van der Waals surface area contributed by atoms with Crippen LogP contribution >= 0.6 is 0 Å². The Labute approximate surface area is 89.6 Å². The largest absolute Gasteiger partial charge is 0.296 e. The van der Waals surface area contributed by atoms with E-state index in [0.29, 0.717) is 12.3 Å². The fourth-order valence-corrected chi connectivity index (χ4v) is 2.39. The molecule has 3 nitrogen and oxygen atoms in total. The summed E-state index contributed by atoms with van der Waals surface area (Å²) in [5, 5.41) is 2.39. The second-order valence-electron chi connectivity index (χ2n) is 4.27. The fraction of sp³-hybridized carbons (Fsp3) is 0.667. The molecule has 0 aromatic heterocycles. The molecule has 0 bridgehead atoms. The Hall–Kier alpha value is -1.30. The minimum atomic E-state index is -0.113. The van der Waals surface area contributed by atoms with Crippen molar-refractivity contribution in [1.29, 1.82) is 0 Å². The quantitative estimate of drug-likeness (QED) is 0.517. The summed E-state index contributed by atoms with van der Waals surface area (Å²) in [6.07, 6.45) is 5.21. The van der Waals surface area contributed by atoms with E-state index in [0.717, 1.165) is 32.1 Å². The van der Waals surface area contributed by atoms with Crippen molar-refractivity contribution in [3.8, 4) is 11.8 Å². The van der Waals surface area contributed by atoms with Gasteiger partial charge in [0, 0.05) is 25.2 Å². The van der Waals surface area contributed by atoms with Crippen LogP contribution in [-0.2, 0) is 9.59 Å². The number of carbonyl (C=O) groups is 2. The van der Waals surface area contributed by atoms with E-state index in [1.54, 1.807) is 0 Å². The fourth-order valence-electron chi connectivity index (χ4n) is 2.39. The maximum atomic E-state index is 11.5. The Bertz CT molecular complexity index is 337. The summed E-state index contributed by atoms with van der Waals surface area (Å²) >= 11 is 0. The van der Waals surface area contributed by atoms with Crippen molar-refractivity contribution in [1.82, 2.24) is 5.32 Å². The van der Waals surface area contributed by atoms with Gasteiger partial charge in [-0.05, 0) is 25.2 Å². The van der Waals surface area contributed by atoms with Crippen molar-refractivity contribution >= 4 is 11.8 Å². The molecule has 1 fully saturated rings. The third-order valence-corrected chi connectivity index (χ3v) is 3.22. The molecule has 15 heavy (non-hydrogen) atoms. The van der Waals surface area contributed by atoms with Gasteiger partial charge in [-0.3, -0.25) is 14.9 Å². The summed E-state index contributed by atoms with van der Waals surface area (Å²) in [6.45, 7) is 0. The van der Waals surface area contributed by atoms with E-state index in [1.807, 2.05) is 0 Å². The first-order valence-corrected chi connectivity index (χ1v) is 5.57. The Morgan fingerprint density at radius 2 is 1.93 bits per heavy atom. The van der Waals surface area contributed by atoms with Gasteiger partial charge in [0.15, 0.2) is 0 Å². The molecule has 2 atom stereocenters. The lowest BCUT2D eigenvalue weighted by molar-refractivity contribution is -0.126. The Morgan fingerprint density at radius 1 is 1.13 bits per heavy atom. The van der Waals surface area contributed by atoms with Crippen molar-refractivity contribution in [2.45, 2.75) is 38.5 Å². The van der Waals surface area contributed by atoms with Crippen LogP contribution in [0.5, 0.6) is 0 Å². The zero-order valence-electron chi connectivity index (χ0n) is 8.71. The third kappa shape index (κ3) is 2.38. The van der Waals surface area contributed by atoms with Gasteiger partial charge in [-0.15, -0.1) is 11.8 Å². The third-order valence-electron chi connectivity index (χ3n) is 3.22. The molecular weight excluding hydrogens is 190 g/mol. The monoisotopic (exact) mass is 205 g/mol. The van der Waals surface area contributed by atoms with Gasteiger partial charge >= 0.3 is 0 Å². The van der Waals surface area contributed by atoms with Crippen LogP contribution in [0.3, 0.4) is 0 Å². The molecule has 0 spiro atoms. The highest BCUT2D eigenvalue weighted by molar-refractivity contribution is 6.03. The molecule has 2 rings (SSSR count). The van der Waals surface area contributed by atoms with Gasteiger partial charge in [-0.1, -0.05) is 0 Å². The van der Waals surface area contributed by atoms with Crippen LogP contribution in [0.15, 0.2) is 0 Å². The highest BCUT2D eigenvalue weighted by Crippen LogP contribution is 2.29. The zero-order chi connectivity index (χ0) is 10.7. The molecule has 0 radical (unpaired) electrons. The highest BCUT2D eigenvalue weighted by atomic mass is 16.2. The highest BCUT2D eigenvalue weighted by Gasteiger charge is 2.36. The number of amides is 2. The molecule has 80 valence electrons. The number of carbonyl (C=O) groups excluding carboxylic acids is 2. The second-order valence-corrected chi connectivity index (χ2v) is 4.27. The standard InChI is InChI=1S/C12H15NO2/c14-11-8-10(12(15)13-11)9-6-4-2-1-3-5-7-9/h9-10H,2,4-8H2,(H,13,14,15). The van der Waals surface area contributed by atoms with E-state index >= 15 is 0 Å².